The molecule has 1 amide bonds. The van der Waals surface area contributed by atoms with E-state index in [1.807, 2.05) is 60.8 Å². The van der Waals surface area contributed by atoms with Crippen molar-refractivity contribution < 1.29 is 14.5 Å². The molecule has 0 saturated heterocycles. The lowest BCUT2D eigenvalue weighted by atomic mass is 9.87. The van der Waals surface area contributed by atoms with Gasteiger partial charge in [-0.05, 0) is 59.2 Å². The Kier molecular flexibility index (Phi) is 7.38. The zero-order valence-corrected chi connectivity index (χ0v) is 21.0. The number of hydrogen-bond donors (Lipinski definition) is 2. The standard InChI is InChI=1S/C30H24ClN3O4/c31-22-9-12-24(13-10-22)38-25-8-4-7-21(15-25)26(17-30(35)33-18-20-5-2-1-3-6-20)28-19-32-29-14-11-23(34(36)37)16-27(28)29/h1-16,19,26,32H,17-18H2,(H,33,35)/t26-/m1/s1. The van der Waals surface area contributed by atoms with E-state index >= 15 is 0 Å². The molecule has 7 nitrogen and oxygen atoms in total. The van der Waals surface area contributed by atoms with Crippen LogP contribution in [0.15, 0.2) is 103 Å². The molecule has 0 unspecified atom stereocenters. The molecule has 1 aromatic heterocycles. The van der Waals surface area contributed by atoms with Crippen LogP contribution in [0.4, 0.5) is 5.69 Å². The number of nitrogens with zero attached hydrogens (tertiary/aromatic N) is 1. The van der Waals surface area contributed by atoms with Crippen LogP contribution in [0.25, 0.3) is 10.9 Å². The summed E-state index contributed by atoms with van der Waals surface area (Å²) < 4.78 is 6.03. The highest BCUT2D eigenvalue weighted by Gasteiger charge is 2.23. The Morgan fingerprint density at radius 1 is 0.947 bits per heavy atom. The van der Waals surface area contributed by atoms with Gasteiger partial charge < -0.3 is 15.0 Å². The van der Waals surface area contributed by atoms with Gasteiger partial charge in [0.1, 0.15) is 11.5 Å². The molecule has 38 heavy (non-hydrogen) atoms. The Morgan fingerprint density at radius 2 is 1.74 bits per heavy atom. The molecule has 8 heteroatoms. The van der Waals surface area contributed by atoms with Crippen molar-refractivity contribution in [2.45, 2.75) is 18.9 Å². The van der Waals surface area contributed by atoms with Crippen molar-refractivity contribution in [3.63, 3.8) is 0 Å². The molecule has 0 bridgehead atoms. The van der Waals surface area contributed by atoms with Gasteiger partial charge in [-0.3, -0.25) is 14.9 Å². The van der Waals surface area contributed by atoms with E-state index in [4.69, 9.17) is 16.3 Å². The van der Waals surface area contributed by atoms with Crippen LogP contribution in [0.3, 0.4) is 0 Å². The summed E-state index contributed by atoms with van der Waals surface area (Å²) in [4.78, 5) is 27.4. The van der Waals surface area contributed by atoms with Crippen molar-refractivity contribution in [2.75, 3.05) is 0 Å². The number of carbonyl (C=O) groups excluding carboxylic acids is 1. The van der Waals surface area contributed by atoms with Gasteiger partial charge in [0.15, 0.2) is 0 Å². The molecule has 190 valence electrons. The minimum absolute atomic E-state index is 0.00884. The summed E-state index contributed by atoms with van der Waals surface area (Å²) in [6, 6.07) is 29.0. The van der Waals surface area contributed by atoms with E-state index in [1.165, 1.54) is 6.07 Å². The number of rotatable bonds is 9. The molecule has 0 spiro atoms. The van der Waals surface area contributed by atoms with Gasteiger partial charge in [-0.15, -0.1) is 0 Å². The summed E-state index contributed by atoms with van der Waals surface area (Å²) in [5.74, 6) is 0.717. The molecule has 0 aliphatic carbocycles. The normalized spacial score (nSPS) is 11.7. The minimum Gasteiger partial charge on any atom is -0.457 e. The van der Waals surface area contributed by atoms with Gasteiger partial charge >= 0.3 is 0 Å². The van der Waals surface area contributed by atoms with Crippen LogP contribution in [0.1, 0.15) is 29.0 Å². The maximum Gasteiger partial charge on any atom is 0.270 e. The fourth-order valence-electron chi connectivity index (χ4n) is 4.43. The highest BCUT2D eigenvalue weighted by molar-refractivity contribution is 6.30. The molecule has 0 radical (unpaired) electrons. The molecule has 2 N–H and O–H groups in total. The lowest BCUT2D eigenvalue weighted by Gasteiger charge is -2.18. The summed E-state index contributed by atoms with van der Waals surface area (Å²) in [6.07, 6.45) is 1.96. The van der Waals surface area contributed by atoms with Crippen LogP contribution in [0.5, 0.6) is 11.5 Å². The summed E-state index contributed by atoms with van der Waals surface area (Å²) >= 11 is 5.99. The lowest BCUT2D eigenvalue weighted by Crippen LogP contribution is -2.25. The SMILES string of the molecule is O=C(C[C@H](c1cccc(Oc2ccc(Cl)cc2)c1)c1c[nH]c2ccc([N+](=O)[O-])cc12)NCc1ccccc1. The molecule has 0 aliphatic rings. The molecule has 0 fully saturated rings. The fourth-order valence-corrected chi connectivity index (χ4v) is 4.55. The molecule has 1 atom stereocenters. The lowest BCUT2D eigenvalue weighted by molar-refractivity contribution is -0.384. The number of halogens is 1. The number of hydrogen-bond acceptors (Lipinski definition) is 4. The maximum absolute atomic E-state index is 13.1. The molecule has 1 heterocycles. The molecule has 0 aliphatic heterocycles. The number of carbonyl (C=O) groups is 1. The van der Waals surface area contributed by atoms with Gasteiger partial charge in [0, 0.05) is 53.1 Å². The molecule has 0 saturated carbocycles. The van der Waals surface area contributed by atoms with Gasteiger partial charge in [-0.2, -0.15) is 0 Å². The number of nitro benzene ring substituents is 1. The second-order valence-electron chi connectivity index (χ2n) is 8.88. The monoisotopic (exact) mass is 525 g/mol. The highest BCUT2D eigenvalue weighted by Crippen LogP contribution is 2.37. The Bertz CT molecular complexity index is 1580. The Labute approximate surface area is 224 Å². The summed E-state index contributed by atoms with van der Waals surface area (Å²) in [6.45, 7) is 0.408. The van der Waals surface area contributed by atoms with Crippen LogP contribution >= 0.6 is 11.6 Å². The molecular weight excluding hydrogens is 502 g/mol. The number of aromatic amines is 1. The predicted octanol–water partition coefficient (Wildman–Crippen LogP) is 7.36. The largest absolute Gasteiger partial charge is 0.457 e. The van der Waals surface area contributed by atoms with Crippen LogP contribution in [0, 0.1) is 10.1 Å². The predicted molar refractivity (Wildman–Crippen MR) is 148 cm³/mol. The van der Waals surface area contributed by atoms with Crippen molar-refractivity contribution in [3.8, 4) is 11.5 Å². The minimum atomic E-state index is -0.418. The number of non-ortho nitro benzene ring substituents is 1. The van der Waals surface area contributed by atoms with Crippen molar-refractivity contribution in [1.29, 1.82) is 0 Å². The van der Waals surface area contributed by atoms with E-state index in [9.17, 15) is 14.9 Å². The van der Waals surface area contributed by atoms with Crippen molar-refractivity contribution in [3.05, 3.63) is 135 Å². The van der Waals surface area contributed by atoms with E-state index in [1.54, 1.807) is 36.4 Å². The quantitative estimate of drug-likeness (QED) is 0.155. The number of benzene rings is 4. The van der Waals surface area contributed by atoms with Gasteiger partial charge in [-0.1, -0.05) is 54.1 Å². The average Bonchev–Trinajstić information content (AvgIpc) is 3.35. The maximum atomic E-state index is 13.1. The summed E-state index contributed by atoms with van der Waals surface area (Å²) in [7, 11) is 0. The van der Waals surface area contributed by atoms with Crippen LogP contribution in [-0.4, -0.2) is 15.8 Å². The number of fused-ring (bicyclic) bond motifs is 1. The molecule has 5 aromatic rings. The first-order chi connectivity index (χ1) is 18.5. The first-order valence-corrected chi connectivity index (χ1v) is 12.4. The third kappa shape index (κ3) is 5.85. The number of nitrogens with one attached hydrogen (secondary N) is 2. The second-order valence-corrected chi connectivity index (χ2v) is 9.31. The van der Waals surface area contributed by atoms with E-state index in [-0.39, 0.29) is 23.9 Å². The first kappa shape index (κ1) is 25.0. The summed E-state index contributed by atoms with van der Waals surface area (Å²) in [5.41, 5.74) is 3.39. The first-order valence-electron chi connectivity index (χ1n) is 12.1. The van der Waals surface area contributed by atoms with Crippen molar-refractivity contribution in [1.82, 2.24) is 10.3 Å². The van der Waals surface area contributed by atoms with Crippen molar-refractivity contribution >= 4 is 34.1 Å². The van der Waals surface area contributed by atoms with E-state index in [2.05, 4.69) is 10.3 Å². The smallest absolute Gasteiger partial charge is 0.270 e. The second kappa shape index (κ2) is 11.2. The number of aromatic nitrogens is 1. The van der Waals surface area contributed by atoms with Gasteiger partial charge in [0.2, 0.25) is 5.91 Å². The zero-order valence-electron chi connectivity index (χ0n) is 20.3. The Balaban J connectivity index is 1.48. The van der Waals surface area contributed by atoms with Gasteiger partial charge in [-0.25, -0.2) is 0 Å². The molecule has 4 aromatic carbocycles. The molecule has 5 rings (SSSR count). The highest BCUT2D eigenvalue weighted by atomic mass is 35.5. The number of H-pyrrole nitrogens is 1. The van der Waals surface area contributed by atoms with Crippen LogP contribution in [0.2, 0.25) is 5.02 Å². The Morgan fingerprint density at radius 3 is 2.50 bits per heavy atom. The third-order valence-electron chi connectivity index (χ3n) is 6.32. The molecular formula is C30H24ClN3O4. The number of nitro groups is 1. The van der Waals surface area contributed by atoms with E-state index < -0.39 is 4.92 Å². The average molecular weight is 526 g/mol. The fraction of sp³-hybridized carbons (Fsp3) is 0.100. The van der Waals surface area contributed by atoms with Gasteiger partial charge in [0.25, 0.3) is 5.69 Å². The van der Waals surface area contributed by atoms with E-state index in [0.717, 1.165) is 22.2 Å². The number of ether oxygens (including phenoxy) is 1. The van der Waals surface area contributed by atoms with Crippen molar-refractivity contribution in [2.24, 2.45) is 0 Å². The zero-order chi connectivity index (χ0) is 26.5. The van der Waals surface area contributed by atoms with Gasteiger partial charge in [0.05, 0.1) is 4.92 Å². The topological polar surface area (TPSA) is 97.3 Å². The van der Waals surface area contributed by atoms with E-state index in [0.29, 0.717) is 28.5 Å². The Hall–Kier alpha value is -4.62. The third-order valence-corrected chi connectivity index (χ3v) is 6.57. The number of amides is 1. The van der Waals surface area contributed by atoms with Crippen LogP contribution in [-0.2, 0) is 11.3 Å². The summed E-state index contributed by atoms with van der Waals surface area (Å²) in [5, 5.41) is 15.8. The van der Waals surface area contributed by atoms with Crippen LogP contribution < -0.4 is 10.1 Å².